The van der Waals surface area contributed by atoms with Crippen LogP contribution in [0.25, 0.3) is 0 Å². The van der Waals surface area contributed by atoms with Crippen LogP contribution in [0.2, 0.25) is 0 Å². The highest BCUT2D eigenvalue weighted by Gasteiger charge is 2.65. The average Bonchev–Trinajstić information content (AvgIpc) is 3.03. The van der Waals surface area contributed by atoms with Crippen molar-refractivity contribution < 1.29 is 14.3 Å². The molecule has 0 aromatic carbocycles. The quantitative estimate of drug-likeness (QED) is 0.312. The van der Waals surface area contributed by atoms with Crippen molar-refractivity contribution >= 4 is 11.8 Å². The van der Waals surface area contributed by atoms with Gasteiger partial charge in [0.05, 0.1) is 0 Å². The molecule has 1 unspecified atom stereocenters. The standard InChI is InChI=1S/C27H38O3/c1-4-6-7-8-12-24(29)30-27(5-2)18-16-22-20-14-13-19-10-9-11-23(28)25(19)21(20)15-17-26(22,27)3/h2,9,11,19-22,25H,4,6-8,10,12-18H2,1,3H3/t19?,20-,21+,22+,25+,26+,27+/m1/s1. The van der Waals surface area contributed by atoms with Gasteiger partial charge in [-0.15, -0.1) is 6.42 Å². The van der Waals surface area contributed by atoms with Gasteiger partial charge in [-0.05, 0) is 81.1 Å². The van der Waals surface area contributed by atoms with Gasteiger partial charge in [0.1, 0.15) is 0 Å². The molecule has 4 aliphatic carbocycles. The second-order valence-corrected chi connectivity index (χ2v) is 10.6. The van der Waals surface area contributed by atoms with E-state index in [-0.39, 0.29) is 17.3 Å². The average molecular weight is 411 g/mol. The van der Waals surface area contributed by atoms with Crippen LogP contribution in [0, 0.1) is 47.3 Å². The molecular formula is C27H38O3. The summed E-state index contributed by atoms with van der Waals surface area (Å²) in [6.45, 7) is 4.45. The third kappa shape index (κ3) is 3.45. The third-order valence-electron chi connectivity index (χ3n) is 9.26. The summed E-state index contributed by atoms with van der Waals surface area (Å²) >= 11 is 0. The molecule has 0 aromatic rings. The molecule has 3 fully saturated rings. The molecule has 0 heterocycles. The monoisotopic (exact) mass is 410 g/mol. The molecule has 0 bridgehead atoms. The van der Waals surface area contributed by atoms with Crippen LogP contribution in [-0.4, -0.2) is 17.4 Å². The molecule has 0 aliphatic heterocycles. The molecule has 3 heteroatoms. The van der Waals surface area contributed by atoms with E-state index in [0.717, 1.165) is 64.2 Å². The van der Waals surface area contributed by atoms with Crippen LogP contribution in [0.15, 0.2) is 12.2 Å². The minimum atomic E-state index is -0.766. The minimum Gasteiger partial charge on any atom is -0.445 e. The lowest BCUT2D eigenvalue weighted by atomic mass is 9.49. The lowest BCUT2D eigenvalue weighted by Gasteiger charge is -2.55. The Balaban J connectivity index is 1.50. The summed E-state index contributed by atoms with van der Waals surface area (Å²) in [5, 5.41) is 0. The zero-order chi connectivity index (χ0) is 21.4. The van der Waals surface area contributed by atoms with Gasteiger partial charge < -0.3 is 4.74 Å². The molecule has 7 atom stereocenters. The molecule has 0 aromatic heterocycles. The van der Waals surface area contributed by atoms with Crippen molar-refractivity contribution in [3.05, 3.63) is 12.2 Å². The number of allylic oxidation sites excluding steroid dienone is 2. The van der Waals surface area contributed by atoms with Crippen molar-refractivity contribution in [2.24, 2.45) is 35.0 Å². The number of hydrogen-bond donors (Lipinski definition) is 0. The normalized spacial score (nSPS) is 42.0. The third-order valence-corrected chi connectivity index (χ3v) is 9.26. The number of carbonyl (C=O) groups is 2. The molecule has 164 valence electrons. The Morgan fingerprint density at radius 2 is 2.00 bits per heavy atom. The largest absolute Gasteiger partial charge is 0.445 e. The van der Waals surface area contributed by atoms with Crippen molar-refractivity contribution in [1.82, 2.24) is 0 Å². The fraction of sp³-hybridized carbons (Fsp3) is 0.778. The molecule has 4 rings (SSSR count). The number of hydrogen-bond acceptors (Lipinski definition) is 3. The van der Waals surface area contributed by atoms with Gasteiger partial charge in [-0.2, -0.15) is 0 Å². The Labute approximate surface area is 182 Å². The molecular weight excluding hydrogens is 372 g/mol. The number of ketones is 1. The first-order valence-corrected chi connectivity index (χ1v) is 12.4. The van der Waals surface area contributed by atoms with Gasteiger partial charge in [-0.25, -0.2) is 0 Å². The van der Waals surface area contributed by atoms with Gasteiger partial charge in [0, 0.05) is 17.8 Å². The number of esters is 1. The maximum absolute atomic E-state index is 12.7. The Kier molecular flexibility index (Phi) is 6.16. The number of carbonyl (C=O) groups excluding carboxylic acids is 2. The van der Waals surface area contributed by atoms with Gasteiger partial charge in [0.2, 0.25) is 0 Å². The Bertz CT molecular complexity index is 746. The van der Waals surface area contributed by atoms with Gasteiger partial charge in [0.15, 0.2) is 11.4 Å². The molecule has 3 saturated carbocycles. The molecule has 0 saturated heterocycles. The van der Waals surface area contributed by atoms with E-state index in [2.05, 4.69) is 25.8 Å². The predicted octanol–water partition coefficient (Wildman–Crippen LogP) is 5.87. The van der Waals surface area contributed by atoms with Crippen LogP contribution >= 0.6 is 0 Å². The Hall–Kier alpha value is -1.56. The summed E-state index contributed by atoms with van der Waals surface area (Å²) < 4.78 is 6.16. The molecule has 0 radical (unpaired) electrons. The highest BCUT2D eigenvalue weighted by molar-refractivity contribution is 5.93. The molecule has 0 N–H and O–H groups in total. The fourth-order valence-corrected chi connectivity index (χ4v) is 7.67. The predicted molar refractivity (Wildman–Crippen MR) is 118 cm³/mol. The zero-order valence-electron chi connectivity index (χ0n) is 18.8. The van der Waals surface area contributed by atoms with Crippen molar-refractivity contribution in [2.75, 3.05) is 0 Å². The molecule has 3 nitrogen and oxygen atoms in total. The van der Waals surface area contributed by atoms with E-state index in [0.29, 0.717) is 35.9 Å². The van der Waals surface area contributed by atoms with Crippen molar-refractivity contribution in [3.63, 3.8) is 0 Å². The molecule has 4 aliphatic rings. The number of rotatable bonds is 6. The van der Waals surface area contributed by atoms with Crippen molar-refractivity contribution in [3.8, 4) is 12.3 Å². The lowest BCUT2D eigenvalue weighted by molar-refractivity contribution is -0.172. The minimum absolute atomic E-state index is 0.121. The van der Waals surface area contributed by atoms with E-state index in [1.807, 2.05) is 6.08 Å². The molecule has 30 heavy (non-hydrogen) atoms. The topological polar surface area (TPSA) is 43.4 Å². The van der Waals surface area contributed by atoms with E-state index in [1.165, 1.54) is 6.42 Å². The first-order valence-electron chi connectivity index (χ1n) is 12.4. The van der Waals surface area contributed by atoms with Crippen LogP contribution in [0.3, 0.4) is 0 Å². The molecule has 0 amide bonds. The van der Waals surface area contributed by atoms with Gasteiger partial charge in [-0.1, -0.05) is 45.1 Å². The first kappa shape index (κ1) is 21.7. The highest BCUT2D eigenvalue weighted by atomic mass is 16.6. The van der Waals surface area contributed by atoms with E-state index in [4.69, 9.17) is 11.2 Å². The van der Waals surface area contributed by atoms with Crippen LogP contribution in [-0.2, 0) is 14.3 Å². The highest BCUT2D eigenvalue weighted by Crippen LogP contribution is 2.65. The van der Waals surface area contributed by atoms with Gasteiger partial charge in [-0.3, -0.25) is 9.59 Å². The second-order valence-electron chi connectivity index (χ2n) is 10.6. The number of fused-ring (bicyclic) bond motifs is 5. The second kappa shape index (κ2) is 8.52. The lowest BCUT2D eigenvalue weighted by Crippen LogP contribution is -2.55. The van der Waals surface area contributed by atoms with Crippen molar-refractivity contribution in [2.45, 2.75) is 96.5 Å². The smallest absolute Gasteiger partial charge is 0.307 e. The fourth-order valence-electron chi connectivity index (χ4n) is 7.67. The molecule has 0 spiro atoms. The van der Waals surface area contributed by atoms with Gasteiger partial charge >= 0.3 is 5.97 Å². The van der Waals surface area contributed by atoms with E-state index in [1.54, 1.807) is 0 Å². The van der Waals surface area contributed by atoms with E-state index < -0.39 is 5.60 Å². The van der Waals surface area contributed by atoms with Crippen LogP contribution < -0.4 is 0 Å². The Morgan fingerprint density at radius 1 is 1.17 bits per heavy atom. The van der Waals surface area contributed by atoms with Crippen LogP contribution in [0.5, 0.6) is 0 Å². The van der Waals surface area contributed by atoms with E-state index in [9.17, 15) is 9.59 Å². The summed E-state index contributed by atoms with van der Waals surface area (Å²) in [7, 11) is 0. The van der Waals surface area contributed by atoms with E-state index >= 15 is 0 Å². The number of unbranched alkanes of at least 4 members (excludes halogenated alkanes) is 3. The summed E-state index contributed by atoms with van der Waals surface area (Å²) in [4.78, 5) is 25.4. The Morgan fingerprint density at radius 3 is 2.77 bits per heavy atom. The number of ether oxygens (including phenoxy) is 1. The zero-order valence-corrected chi connectivity index (χ0v) is 18.8. The van der Waals surface area contributed by atoms with Crippen LogP contribution in [0.4, 0.5) is 0 Å². The number of terminal acetylenes is 1. The van der Waals surface area contributed by atoms with Crippen LogP contribution in [0.1, 0.15) is 90.9 Å². The SMILES string of the molecule is C#C[C@]1(OC(=O)CCCCCC)CC[C@H]2[C@@H]3CCC4CC=CC(=O)[C@@H]4[C@H]3CC[C@@]21C. The van der Waals surface area contributed by atoms with Crippen molar-refractivity contribution in [1.29, 1.82) is 0 Å². The maximum atomic E-state index is 12.7. The summed E-state index contributed by atoms with van der Waals surface area (Å²) in [6.07, 6.45) is 21.9. The first-order chi connectivity index (χ1) is 14.5. The summed E-state index contributed by atoms with van der Waals surface area (Å²) in [5.74, 6) is 5.45. The summed E-state index contributed by atoms with van der Waals surface area (Å²) in [5.41, 5.74) is -0.930. The maximum Gasteiger partial charge on any atom is 0.307 e. The summed E-state index contributed by atoms with van der Waals surface area (Å²) in [6, 6.07) is 0. The van der Waals surface area contributed by atoms with Gasteiger partial charge in [0.25, 0.3) is 0 Å².